The molecule has 1 aromatic carbocycles. The Bertz CT molecular complexity index is 371. The summed E-state index contributed by atoms with van der Waals surface area (Å²) in [6, 6.07) is 4.38. The van der Waals surface area contributed by atoms with Crippen LogP contribution in [0.1, 0.15) is 28.7 Å². The van der Waals surface area contributed by atoms with Crippen molar-refractivity contribution in [1.82, 2.24) is 5.32 Å². The van der Waals surface area contributed by atoms with Gasteiger partial charge in [-0.1, -0.05) is 29.5 Å². The van der Waals surface area contributed by atoms with Gasteiger partial charge in [-0.3, -0.25) is 0 Å². The van der Waals surface area contributed by atoms with Crippen LogP contribution in [0.3, 0.4) is 0 Å². The molecule has 0 aliphatic heterocycles. The molecule has 0 atom stereocenters. The van der Waals surface area contributed by atoms with Gasteiger partial charge in [0.25, 0.3) is 0 Å². The molecule has 80 valence electrons. The van der Waals surface area contributed by atoms with E-state index in [0.29, 0.717) is 0 Å². The van der Waals surface area contributed by atoms with Gasteiger partial charge in [0.15, 0.2) is 0 Å². The highest BCUT2D eigenvalue weighted by molar-refractivity contribution is 5.48. The first-order chi connectivity index (χ1) is 7.15. The number of benzene rings is 1. The number of hydrogen-bond donors (Lipinski definition) is 1. The van der Waals surface area contributed by atoms with E-state index in [1.165, 1.54) is 22.3 Å². The minimum atomic E-state index is 0.906. The summed E-state index contributed by atoms with van der Waals surface area (Å²) < 4.78 is 0. The molecular weight excluding hydrogens is 182 g/mol. The molecule has 0 aliphatic carbocycles. The van der Waals surface area contributed by atoms with Gasteiger partial charge in [0.1, 0.15) is 0 Å². The van der Waals surface area contributed by atoms with E-state index >= 15 is 0 Å². The van der Waals surface area contributed by atoms with Gasteiger partial charge in [-0.2, -0.15) is 0 Å². The van der Waals surface area contributed by atoms with E-state index in [4.69, 9.17) is 0 Å². The molecule has 1 N–H and O–H groups in total. The van der Waals surface area contributed by atoms with E-state index in [1.807, 2.05) is 7.05 Å². The van der Waals surface area contributed by atoms with Crippen molar-refractivity contribution in [2.24, 2.45) is 0 Å². The van der Waals surface area contributed by atoms with Crippen LogP contribution in [0.2, 0.25) is 0 Å². The highest BCUT2D eigenvalue weighted by atomic mass is 14.8. The average molecular weight is 201 g/mol. The maximum absolute atomic E-state index is 3.25. The Labute approximate surface area is 92.9 Å². The van der Waals surface area contributed by atoms with Gasteiger partial charge in [0.05, 0.1) is 0 Å². The molecular formula is C14H19N. The van der Waals surface area contributed by atoms with Crippen molar-refractivity contribution < 1.29 is 0 Å². The second kappa shape index (κ2) is 5.58. The Balaban J connectivity index is 2.88. The molecule has 1 heteroatoms. The van der Waals surface area contributed by atoms with E-state index in [0.717, 1.165) is 13.0 Å². The van der Waals surface area contributed by atoms with Crippen LogP contribution in [0.4, 0.5) is 0 Å². The second-order valence-electron chi connectivity index (χ2n) is 3.93. The lowest BCUT2D eigenvalue weighted by Crippen LogP contribution is -2.05. The first kappa shape index (κ1) is 11.8. The largest absolute Gasteiger partial charge is 0.319 e. The molecule has 1 aromatic rings. The molecule has 0 heterocycles. The molecule has 15 heavy (non-hydrogen) atoms. The Morgan fingerprint density at radius 3 is 2.27 bits per heavy atom. The third-order valence-electron chi connectivity index (χ3n) is 2.39. The SMILES string of the molecule is CNCCC#Cc1c(C)cc(C)cc1C. The number of aryl methyl sites for hydroxylation is 3. The molecule has 0 radical (unpaired) electrons. The minimum absolute atomic E-state index is 0.906. The zero-order valence-electron chi connectivity index (χ0n) is 10.1. The lowest BCUT2D eigenvalue weighted by Gasteiger charge is -2.04. The molecule has 0 saturated carbocycles. The van der Waals surface area contributed by atoms with Crippen molar-refractivity contribution in [2.45, 2.75) is 27.2 Å². The normalized spacial score (nSPS) is 9.60. The molecule has 0 fully saturated rings. The van der Waals surface area contributed by atoms with Gasteiger partial charge >= 0.3 is 0 Å². The smallest absolute Gasteiger partial charge is 0.0303 e. The maximum atomic E-state index is 3.25. The summed E-state index contributed by atoms with van der Waals surface area (Å²) >= 11 is 0. The van der Waals surface area contributed by atoms with Gasteiger partial charge in [0, 0.05) is 18.5 Å². The zero-order valence-corrected chi connectivity index (χ0v) is 10.1. The highest BCUT2D eigenvalue weighted by Gasteiger charge is 1.99. The van der Waals surface area contributed by atoms with Crippen LogP contribution in [-0.2, 0) is 0 Å². The fourth-order valence-electron chi connectivity index (χ4n) is 1.72. The highest BCUT2D eigenvalue weighted by Crippen LogP contribution is 2.14. The van der Waals surface area contributed by atoms with E-state index in [2.05, 4.69) is 50.1 Å². The predicted molar refractivity (Wildman–Crippen MR) is 66.1 cm³/mol. The summed E-state index contributed by atoms with van der Waals surface area (Å²) in [4.78, 5) is 0. The van der Waals surface area contributed by atoms with Crippen molar-refractivity contribution in [1.29, 1.82) is 0 Å². The summed E-state index contributed by atoms with van der Waals surface area (Å²) in [6.07, 6.45) is 0.906. The average Bonchev–Trinajstić information content (AvgIpc) is 2.15. The molecule has 1 nitrogen and oxygen atoms in total. The van der Waals surface area contributed by atoms with E-state index in [1.54, 1.807) is 0 Å². The number of hydrogen-bond acceptors (Lipinski definition) is 1. The van der Waals surface area contributed by atoms with Crippen LogP contribution in [0.5, 0.6) is 0 Å². The molecule has 0 spiro atoms. The summed E-state index contributed by atoms with van der Waals surface area (Å²) in [6.45, 7) is 7.33. The van der Waals surface area contributed by atoms with Gasteiger partial charge in [-0.05, 0) is 38.9 Å². The van der Waals surface area contributed by atoms with Crippen LogP contribution >= 0.6 is 0 Å². The third kappa shape index (κ3) is 3.42. The van der Waals surface area contributed by atoms with Crippen molar-refractivity contribution in [3.8, 4) is 11.8 Å². The zero-order chi connectivity index (χ0) is 11.3. The van der Waals surface area contributed by atoms with Crippen LogP contribution in [0.15, 0.2) is 12.1 Å². The Hall–Kier alpha value is -1.26. The fraction of sp³-hybridized carbons (Fsp3) is 0.429. The summed E-state index contributed by atoms with van der Waals surface area (Å²) in [5, 5.41) is 3.09. The van der Waals surface area contributed by atoms with Crippen LogP contribution in [0, 0.1) is 32.6 Å². The van der Waals surface area contributed by atoms with Crippen LogP contribution < -0.4 is 5.32 Å². The van der Waals surface area contributed by atoms with Crippen molar-refractivity contribution in [3.63, 3.8) is 0 Å². The molecule has 0 amide bonds. The van der Waals surface area contributed by atoms with Crippen molar-refractivity contribution in [3.05, 3.63) is 34.4 Å². The molecule has 0 unspecified atom stereocenters. The fourth-order valence-corrected chi connectivity index (χ4v) is 1.72. The lowest BCUT2D eigenvalue weighted by atomic mass is 10.0. The number of rotatable bonds is 2. The monoisotopic (exact) mass is 201 g/mol. The molecule has 0 bridgehead atoms. The van der Waals surface area contributed by atoms with Crippen LogP contribution in [-0.4, -0.2) is 13.6 Å². The third-order valence-corrected chi connectivity index (χ3v) is 2.39. The minimum Gasteiger partial charge on any atom is -0.319 e. The van der Waals surface area contributed by atoms with Crippen LogP contribution in [0.25, 0.3) is 0 Å². The molecule has 0 aliphatic rings. The van der Waals surface area contributed by atoms with E-state index in [-0.39, 0.29) is 0 Å². The van der Waals surface area contributed by atoms with Gasteiger partial charge in [0.2, 0.25) is 0 Å². The van der Waals surface area contributed by atoms with Gasteiger partial charge < -0.3 is 5.32 Å². The summed E-state index contributed by atoms with van der Waals surface area (Å²) in [5.74, 6) is 6.44. The molecule has 0 aromatic heterocycles. The summed E-state index contributed by atoms with van der Waals surface area (Å²) in [7, 11) is 1.95. The Kier molecular flexibility index (Phi) is 4.39. The predicted octanol–water partition coefficient (Wildman–Crippen LogP) is 2.57. The second-order valence-corrected chi connectivity index (χ2v) is 3.93. The number of nitrogens with one attached hydrogen (secondary N) is 1. The first-order valence-electron chi connectivity index (χ1n) is 5.36. The van der Waals surface area contributed by atoms with Gasteiger partial charge in [-0.15, -0.1) is 0 Å². The van der Waals surface area contributed by atoms with Gasteiger partial charge in [-0.25, -0.2) is 0 Å². The maximum Gasteiger partial charge on any atom is 0.0303 e. The van der Waals surface area contributed by atoms with Crippen molar-refractivity contribution in [2.75, 3.05) is 13.6 Å². The lowest BCUT2D eigenvalue weighted by molar-refractivity contribution is 0.818. The van der Waals surface area contributed by atoms with E-state index < -0.39 is 0 Å². The summed E-state index contributed by atoms with van der Waals surface area (Å²) in [5.41, 5.74) is 5.07. The quantitative estimate of drug-likeness (QED) is 0.573. The Morgan fingerprint density at radius 2 is 1.73 bits per heavy atom. The van der Waals surface area contributed by atoms with E-state index in [9.17, 15) is 0 Å². The Morgan fingerprint density at radius 1 is 1.13 bits per heavy atom. The standard InChI is InChI=1S/C14H19N/c1-11-9-12(2)14(13(3)10-11)7-5-6-8-15-4/h9-10,15H,6,8H2,1-4H3. The molecule has 0 saturated heterocycles. The first-order valence-corrected chi connectivity index (χ1v) is 5.36. The molecule has 1 rings (SSSR count). The topological polar surface area (TPSA) is 12.0 Å². The van der Waals surface area contributed by atoms with Crippen molar-refractivity contribution >= 4 is 0 Å².